The Hall–Kier alpha value is -4.21. The van der Waals surface area contributed by atoms with E-state index in [-0.39, 0.29) is 16.9 Å². The van der Waals surface area contributed by atoms with E-state index < -0.39 is 22.8 Å². The number of hydrogen-bond donors (Lipinski definition) is 1. The highest BCUT2D eigenvalue weighted by Crippen LogP contribution is 2.30. The number of benzene rings is 2. The molecule has 0 aliphatic carbocycles. The third-order valence-corrected chi connectivity index (χ3v) is 4.28. The normalized spacial score (nSPS) is 15.1. The lowest BCUT2D eigenvalue weighted by molar-refractivity contribution is -0.384. The van der Waals surface area contributed by atoms with Crippen LogP contribution in [0.4, 0.5) is 16.2 Å². The molecule has 0 saturated carbocycles. The number of carbonyl (C=O) groups excluding carboxylic acids is 3. The first-order valence-electron chi connectivity index (χ1n) is 9.41. The van der Waals surface area contributed by atoms with E-state index in [1.807, 2.05) is 13.8 Å². The molecule has 0 bridgehead atoms. The summed E-state index contributed by atoms with van der Waals surface area (Å²) >= 11 is 0. The Bertz CT molecular complexity index is 1090. The molecular formula is C21H19N3O7. The number of rotatable bonds is 7. The Morgan fingerprint density at radius 1 is 1.03 bits per heavy atom. The lowest BCUT2D eigenvalue weighted by Crippen LogP contribution is -2.54. The van der Waals surface area contributed by atoms with Gasteiger partial charge in [0.1, 0.15) is 5.57 Å². The number of nitro benzene ring substituents is 1. The number of carbonyl (C=O) groups is 3. The summed E-state index contributed by atoms with van der Waals surface area (Å²) < 4.78 is 11.0. The highest BCUT2D eigenvalue weighted by atomic mass is 16.6. The van der Waals surface area contributed by atoms with Crippen LogP contribution in [0.1, 0.15) is 19.4 Å². The standard InChI is InChI=1S/C21H19N3O7/c1-3-30-17-9-8-13(11-18(17)31-4-2)10-16-19(25)22-21(27)23(20(16)26)14-6-5-7-15(12-14)24(28)29/h5-12H,3-4H2,1-2H3,(H,22,25,27)/b16-10+. The van der Waals surface area contributed by atoms with Gasteiger partial charge in [-0.15, -0.1) is 0 Å². The minimum absolute atomic E-state index is 0.0307. The van der Waals surface area contributed by atoms with Crippen molar-refractivity contribution < 1.29 is 28.8 Å². The molecule has 2 aromatic carbocycles. The maximum absolute atomic E-state index is 13.0. The molecule has 0 unspecified atom stereocenters. The van der Waals surface area contributed by atoms with Crippen LogP contribution in [0.5, 0.6) is 11.5 Å². The number of barbiturate groups is 1. The van der Waals surface area contributed by atoms with E-state index in [0.29, 0.717) is 35.2 Å². The average Bonchev–Trinajstić information content (AvgIpc) is 2.73. The van der Waals surface area contributed by atoms with Crippen LogP contribution in [0, 0.1) is 10.1 Å². The van der Waals surface area contributed by atoms with Gasteiger partial charge in [-0.25, -0.2) is 9.69 Å². The number of nitro groups is 1. The SMILES string of the molecule is CCOc1ccc(/C=C2\C(=O)NC(=O)N(c3cccc([N+](=O)[O-])c3)C2=O)cc1OCC. The van der Waals surface area contributed by atoms with Crippen molar-refractivity contribution in [3.63, 3.8) is 0 Å². The van der Waals surface area contributed by atoms with Gasteiger partial charge in [0.15, 0.2) is 11.5 Å². The monoisotopic (exact) mass is 425 g/mol. The summed E-state index contributed by atoms with van der Waals surface area (Å²) in [4.78, 5) is 48.7. The average molecular weight is 425 g/mol. The van der Waals surface area contributed by atoms with Crippen molar-refractivity contribution >= 4 is 35.3 Å². The number of urea groups is 1. The van der Waals surface area contributed by atoms with Crippen molar-refractivity contribution in [2.24, 2.45) is 0 Å². The number of imide groups is 2. The zero-order valence-electron chi connectivity index (χ0n) is 16.8. The Morgan fingerprint density at radius 2 is 1.74 bits per heavy atom. The fourth-order valence-electron chi connectivity index (χ4n) is 2.96. The molecule has 31 heavy (non-hydrogen) atoms. The largest absolute Gasteiger partial charge is 0.490 e. The maximum Gasteiger partial charge on any atom is 0.335 e. The molecule has 1 fully saturated rings. The van der Waals surface area contributed by atoms with Crippen LogP contribution >= 0.6 is 0 Å². The second-order valence-electron chi connectivity index (χ2n) is 6.31. The first kappa shape index (κ1) is 21.5. The summed E-state index contributed by atoms with van der Waals surface area (Å²) in [6, 6.07) is 8.91. The Kier molecular flexibility index (Phi) is 6.29. The molecule has 2 aromatic rings. The predicted octanol–water partition coefficient (Wildman–Crippen LogP) is 3.06. The summed E-state index contributed by atoms with van der Waals surface area (Å²) in [7, 11) is 0. The first-order chi connectivity index (χ1) is 14.8. The van der Waals surface area contributed by atoms with E-state index in [1.165, 1.54) is 24.3 Å². The topological polar surface area (TPSA) is 128 Å². The summed E-state index contributed by atoms with van der Waals surface area (Å²) in [6.45, 7) is 4.45. The lowest BCUT2D eigenvalue weighted by atomic mass is 10.1. The Balaban J connectivity index is 2.00. The van der Waals surface area contributed by atoms with Crippen LogP contribution in [-0.4, -0.2) is 36.0 Å². The van der Waals surface area contributed by atoms with Gasteiger partial charge in [-0.3, -0.25) is 25.0 Å². The van der Waals surface area contributed by atoms with Gasteiger partial charge in [-0.05, 0) is 43.7 Å². The van der Waals surface area contributed by atoms with Gasteiger partial charge in [-0.1, -0.05) is 12.1 Å². The minimum atomic E-state index is -0.991. The van der Waals surface area contributed by atoms with Crippen molar-refractivity contribution in [2.45, 2.75) is 13.8 Å². The molecule has 1 heterocycles. The molecule has 0 spiro atoms. The van der Waals surface area contributed by atoms with Crippen LogP contribution in [0.25, 0.3) is 6.08 Å². The number of nitrogens with zero attached hydrogens (tertiary/aromatic N) is 2. The minimum Gasteiger partial charge on any atom is -0.490 e. The van der Waals surface area contributed by atoms with Crippen LogP contribution in [0.2, 0.25) is 0 Å². The molecule has 1 N–H and O–H groups in total. The van der Waals surface area contributed by atoms with Gasteiger partial charge >= 0.3 is 6.03 Å². The summed E-state index contributed by atoms with van der Waals surface area (Å²) in [5, 5.41) is 13.1. The van der Waals surface area contributed by atoms with Crippen molar-refractivity contribution in [1.29, 1.82) is 0 Å². The van der Waals surface area contributed by atoms with Gasteiger partial charge in [0.05, 0.1) is 23.8 Å². The zero-order valence-corrected chi connectivity index (χ0v) is 16.8. The second kappa shape index (κ2) is 9.08. The molecule has 10 heteroatoms. The molecule has 3 rings (SSSR count). The molecule has 1 aliphatic rings. The number of amides is 4. The van der Waals surface area contributed by atoms with Crippen LogP contribution in [-0.2, 0) is 9.59 Å². The van der Waals surface area contributed by atoms with E-state index in [4.69, 9.17) is 9.47 Å². The predicted molar refractivity (Wildman–Crippen MR) is 111 cm³/mol. The fraction of sp³-hybridized carbons (Fsp3) is 0.190. The highest BCUT2D eigenvalue weighted by molar-refractivity contribution is 6.39. The van der Waals surface area contributed by atoms with E-state index in [2.05, 4.69) is 5.32 Å². The molecular weight excluding hydrogens is 406 g/mol. The zero-order chi connectivity index (χ0) is 22.5. The number of anilines is 1. The molecule has 0 radical (unpaired) electrons. The molecule has 160 valence electrons. The molecule has 1 aliphatic heterocycles. The number of nitrogens with one attached hydrogen (secondary N) is 1. The molecule has 0 atom stereocenters. The molecule has 10 nitrogen and oxygen atoms in total. The number of ether oxygens (including phenoxy) is 2. The second-order valence-corrected chi connectivity index (χ2v) is 6.31. The van der Waals surface area contributed by atoms with Gasteiger partial charge in [0.25, 0.3) is 17.5 Å². The fourth-order valence-corrected chi connectivity index (χ4v) is 2.96. The van der Waals surface area contributed by atoms with Crippen molar-refractivity contribution in [3.8, 4) is 11.5 Å². The van der Waals surface area contributed by atoms with E-state index in [1.54, 1.807) is 18.2 Å². The maximum atomic E-state index is 13.0. The summed E-state index contributed by atoms with van der Waals surface area (Å²) in [5.74, 6) is -0.821. The Labute approximate surface area is 177 Å². The van der Waals surface area contributed by atoms with Gasteiger partial charge in [0, 0.05) is 12.1 Å². The molecule has 4 amide bonds. The third kappa shape index (κ3) is 4.53. The third-order valence-electron chi connectivity index (χ3n) is 4.28. The van der Waals surface area contributed by atoms with Crippen LogP contribution in [0.3, 0.4) is 0 Å². The first-order valence-corrected chi connectivity index (χ1v) is 9.41. The number of hydrogen-bond acceptors (Lipinski definition) is 7. The molecule has 0 aromatic heterocycles. The van der Waals surface area contributed by atoms with E-state index in [9.17, 15) is 24.5 Å². The number of non-ortho nitro benzene ring substituents is 1. The lowest BCUT2D eigenvalue weighted by Gasteiger charge is -2.26. The van der Waals surface area contributed by atoms with E-state index >= 15 is 0 Å². The smallest absolute Gasteiger partial charge is 0.335 e. The summed E-state index contributed by atoms with van der Waals surface area (Å²) in [5.41, 5.74) is -0.165. The van der Waals surface area contributed by atoms with Crippen molar-refractivity contribution in [2.75, 3.05) is 18.1 Å². The highest BCUT2D eigenvalue weighted by Gasteiger charge is 2.37. The van der Waals surface area contributed by atoms with Gasteiger partial charge in [-0.2, -0.15) is 0 Å². The van der Waals surface area contributed by atoms with Gasteiger partial charge < -0.3 is 9.47 Å². The summed E-state index contributed by atoms with van der Waals surface area (Å²) in [6.07, 6.45) is 1.31. The van der Waals surface area contributed by atoms with Gasteiger partial charge in [0.2, 0.25) is 0 Å². The van der Waals surface area contributed by atoms with Crippen molar-refractivity contribution in [3.05, 3.63) is 63.7 Å². The van der Waals surface area contributed by atoms with Crippen LogP contribution in [0.15, 0.2) is 48.0 Å². The van der Waals surface area contributed by atoms with Crippen LogP contribution < -0.4 is 19.7 Å². The quantitative estimate of drug-likeness (QED) is 0.312. The van der Waals surface area contributed by atoms with E-state index in [0.717, 1.165) is 6.07 Å². The molecule has 1 saturated heterocycles. The van der Waals surface area contributed by atoms with Crippen molar-refractivity contribution in [1.82, 2.24) is 5.32 Å². The Morgan fingerprint density at radius 3 is 2.42 bits per heavy atom.